The van der Waals surface area contributed by atoms with Gasteiger partial charge < -0.3 is 14.8 Å². The lowest BCUT2D eigenvalue weighted by atomic mass is 10.1. The molecule has 8 heteroatoms. The average Bonchev–Trinajstić information content (AvgIpc) is 2.85. The highest BCUT2D eigenvalue weighted by atomic mass is 16.6. The number of esters is 1. The van der Waals surface area contributed by atoms with E-state index in [4.69, 9.17) is 9.47 Å². The van der Waals surface area contributed by atoms with Gasteiger partial charge in [0.2, 0.25) is 0 Å². The zero-order chi connectivity index (χ0) is 25.5. The second kappa shape index (κ2) is 11.1. The SMILES string of the molecule is COc1cc(C(C)=NNC(=O)C(=O)Nc2ccc(C)c(C)c2)ccc1OC(=O)c1ccc(C)cc1. The maximum atomic E-state index is 12.4. The van der Waals surface area contributed by atoms with Crippen molar-refractivity contribution >= 4 is 29.2 Å². The van der Waals surface area contributed by atoms with Gasteiger partial charge in [0.1, 0.15) is 0 Å². The summed E-state index contributed by atoms with van der Waals surface area (Å²) in [6.45, 7) is 7.47. The van der Waals surface area contributed by atoms with Crippen molar-refractivity contribution < 1.29 is 23.9 Å². The fourth-order valence-electron chi connectivity index (χ4n) is 3.08. The summed E-state index contributed by atoms with van der Waals surface area (Å²) in [5.41, 5.74) is 7.33. The van der Waals surface area contributed by atoms with E-state index in [1.54, 1.807) is 49.4 Å². The first-order valence-electron chi connectivity index (χ1n) is 10.9. The van der Waals surface area contributed by atoms with Gasteiger partial charge in [0.25, 0.3) is 0 Å². The lowest BCUT2D eigenvalue weighted by Crippen LogP contribution is -2.33. The molecule has 3 aromatic rings. The molecule has 0 heterocycles. The van der Waals surface area contributed by atoms with Crippen molar-refractivity contribution in [3.63, 3.8) is 0 Å². The number of hydrogen-bond acceptors (Lipinski definition) is 6. The fraction of sp³-hybridized carbons (Fsp3) is 0.185. The molecular weight excluding hydrogens is 446 g/mol. The van der Waals surface area contributed by atoms with Gasteiger partial charge in [-0.1, -0.05) is 23.8 Å². The van der Waals surface area contributed by atoms with Crippen LogP contribution in [0, 0.1) is 20.8 Å². The summed E-state index contributed by atoms with van der Waals surface area (Å²) >= 11 is 0. The summed E-state index contributed by atoms with van der Waals surface area (Å²) in [4.78, 5) is 36.8. The number of carbonyl (C=O) groups excluding carboxylic acids is 3. The van der Waals surface area contributed by atoms with Crippen molar-refractivity contribution in [2.75, 3.05) is 12.4 Å². The van der Waals surface area contributed by atoms with Gasteiger partial charge in [-0.05, 0) is 81.3 Å². The van der Waals surface area contributed by atoms with E-state index in [2.05, 4.69) is 15.8 Å². The molecule has 2 amide bonds. The van der Waals surface area contributed by atoms with Crippen molar-refractivity contribution in [2.24, 2.45) is 5.10 Å². The molecule has 180 valence electrons. The summed E-state index contributed by atoms with van der Waals surface area (Å²) in [6, 6.07) is 17.3. The molecule has 8 nitrogen and oxygen atoms in total. The molecule has 0 atom stereocenters. The predicted molar refractivity (Wildman–Crippen MR) is 134 cm³/mol. The molecule has 35 heavy (non-hydrogen) atoms. The molecular formula is C27H27N3O5. The van der Waals surface area contributed by atoms with Crippen molar-refractivity contribution in [2.45, 2.75) is 27.7 Å². The number of amides is 2. The van der Waals surface area contributed by atoms with E-state index >= 15 is 0 Å². The van der Waals surface area contributed by atoms with E-state index in [0.29, 0.717) is 28.3 Å². The third kappa shape index (κ3) is 6.54. The molecule has 0 saturated heterocycles. The first-order chi connectivity index (χ1) is 16.7. The third-order valence-electron chi connectivity index (χ3n) is 5.37. The monoisotopic (exact) mass is 473 g/mol. The number of anilines is 1. The Hall–Kier alpha value is -4.46. The Morgan fingerprint density at radius 3 is 2.11 bits per heavy atom. The van der Waals surface area contributed by atoms with Crippen molar-refractivity contribution in [1.29, 1.82) is 0 Å². The Balaban J connectivity index is 1.66. The highest BCUT2D eigenvalue weighted by Crippen LogP contribution is 2.29. The first kappa shape index (κ1) is 25.2. The van der Waals surface area contributed by atoms with Gasteiger partial charge in [-0.25, -0.2) is 10.2 Å². The summed E-state index contributed by atoms with van der Waals surface area (Å²) in [6.07, 6.45) is 0. The molecule has 0 fully saturated rings. The van der Waals surface area contributed by atoms with Crippen molar-refractivity contribution in [3.8, 4) is 11.5 Å². The lowest BCUT2D eigenvalue weighted by Gasteiger charge is -2.11. The molecule has 0 aliphatic rings. The van der Waals surface area contributed by atoms with Crippen LogP contribution in [0.15, 0.2) is 65.8 Å². The van der Waals surface area contributed by atoms with Crippen molar-refractivity contribution in [1.82, 2.24) is 5.43 Å². The van der Waals surface area contributed by atoms with Crippen LogP contribution in [0.5, 0.6) is 11.5 Å². The Morgan fingerprint density at radius 2 is 1.46 bits per heavy atom. The molecule has 0 unspecified atom stereocenters. The van der Waals surface area contributed by atoms with Crippen LogP contribution in [-0.4, -0.2) is 30.6 Å². The summed E-state index contributed by atoms with van der Waals surface area (Å²) in [7, 11) is 1.45. The minimum Gasteiger partial charge on any atom is -0.493 e. The molecule has 0 bridgehead atoms. The van der Waals surface area contributed by atoms with Crippen LogP contribution in [0.4, 0.5) is 5.69 Å². The number of nitrogens with one attached hydrogen (secondary N) is 2. The zero-order valence-electron chi connectivity index (χ0n) is 20.3. The maximum absolute atomic E-state index is 12.4. The first-order valence-corrected chi connectivity index (χ1v) is 10.9. The number of carbonyl (C=O) groups is 3. The molecule has 0 aromatic heterocycles. The smallest absolute Gasteiger partial charge is 0.343 e. The van der Waals surface area contributed by atoms with Gasteiger partial charge in [0, 0.05) is 11.3 Å². The van der Waals surface area contributed by atoms with E-state index in [0.717, 1.165) is 16.7 Å². The maximum Gasteiger partial charge on any atom is 0.343 e. The minimum absolute atomic E-state index is 0.242. The average molecular weight is 474 g/mol. The Morgan fingerprint density at radius 1 is 0.771 bits per heavy atom. The van der Waals surface area contributed by atoms with Gasteiger partial charge in [-0.15, -0.1) is 0 Å². The van der Waals surface area contributed by atoms with Gasteiger partial charge in [-0.2, -0.15) is 5.10 Å². The number of hydrogen-bond donors (Lipinski definition) is 2. The Labute approximate surface area is 204 Å². The van der Waals surface area contributed by atoms with E-state index in [9.17, 15) is 14.4 Å². The number of hydrazone groups is 1. The number of ether oxygens (including phenoxy) is 2. The van der Waals surface area contributed by atoms with Gasteiger partial charge in [0.05, 0.1) is 18.4 Å². The van der Waals surface area contributed by atoms with E-state index in [1.165, 1.54) is 7.11 Å². The number of methoxy groups -OCH3 is 1. The van der Waals surface area contributed by atoms with Crippen LogP contribution in [0.25, 0.3) is 0 Å². The highest BCUT2D eigenvalue weighted by molar-refractivity contribution is 6.39. The molecule has 0 radical (unpaired) electrons. The molecule has 3 aromatic carbocycles. The largest absolute Gasteiger partial charge is 0.493 e. The Kier molecular flexibility index (Phi) is 7.99. The number of nitrogens with zero attached hydrogens (tertiary/aromatic N) is 1. The lowest BCUT2D eigenvalue weighted by molar-refractivity contribution is -0.136. The van der Waals surface area contributed by atoms with Crippen LogP contribution in [-0.2, 0) is 9.59 Å². The van der Waals surface area contributed by atoms with Crippen LogP contribution in [0.2, 0.25) is 0 Å². The molecule has 3 rings (SSSR count). The predicted octanol–water partition coefficient (Wildman–Crippen LogP) is 4.32. The van der Waals surface area contributed by atoms with Gasteiger partial charge in [-0.3, -0.25) is 9.59 Å². The van der Waals surface area contributed by atoms with Gasteiger partial charge >= 0.3 is 17.8 Å². The second-order valence-corrected chi connectivity index (χ2v) is 8.01. The minimum atomic E-state index is -0.904. The van der Waals surface area contributed by atoms with Crippen molar-refractivity contribution in [3.05, 3.63) is 88.5 Å². The highest BCUT2D eigenvalue weighted by Gasteiger charge is 2.16. The van der Waals surface area contributed by atoms with E-state index in [1.807, 2.05) is 39.0 Å². The van der Waals surface area contributed by atoms with E-state index < -0.39 is 17.8 Å². The van der Waals surface area contributed by atoms with Crippen LogP contribution >= 0.6 is 0 Å². The Bertz CT molecular complexity index is 1300. The standard InChI is InChI=1S/C27H27N3O5/c1-16-6-9-20(10-7-16)27(33)35-23-13-11-21(15-24(23)34-5)19(4)29-30-26(32)25(31)28-22-12-8-17(2)18(3)14-22/h6-15H,1-5H3,(H,28,31)(H,30,32). The molecule has 0 aliphatic carbocycles. The van der Waals surface area contributed by atoms with E-state index in [-0.39, 0.29) is 5.75 Å². The normalized spacial score (nSPS) is 10.9. The molecule has 0 spiro atoms. The molecule has 0 saturated carbocycles. The second-order valence-electron chi connectivity index (χ2n) is 8.01. The summed E-state index contributed by atoms with van der Waals surface area (Å²) in [5.74, 6) is -1.69. The quantitative estimate of drug-likeness (QED) is 0.182. The fourth-order valence-corrected chi connectivity index (χ4v) is 3.08. The summed E-state index contributed by atoms with van der Waals surface area (Å²) < 4.78 is 10.8. The van der Waals surface area contributed by atoms with Crippen LogP contribution in [0.1, 0.15) is 39.5 Å². The number of aryl methyl sites for hydroxylation is 3. The zero-order valence-corrected chi connectivity index (χ0v) is 20.3. The number of rotatable bonds is 6. The van der Waals surface area contributed by atoms with Crippen LogP contribution in [0.3, 0.4) is 0 Å². The number of benzene rings is 3. The molecule has 0 aliphatic heterocycles. The van der Waals surface area contributed by atoms with Gasteiger partial charge in [0.15, 0.2) is 11.5 Å². The topological polar surface area (TPSA) is 106 Å². The molecule has 2 N–H and O–H groups in total. The third-order valence-corrected chi connectivity index (χ3v) is 5.37. The summed E-state index contributed by atoms with van der Waals surface area (Å²) in [5, 5.41) is 6.55. The van der Waals surface area contributed by atoms with Crippen LogP contribution < -0.4 is 20.2 Å².